The number of halogens is 2. The van der Waals surface area contributed by atoms with Gasteiger partial charge >= 0.3 is 0 Å². The first-order valence-electron chi connectivity index (χ1n) is 9.60. The minimum Gasteiger partial charge on any atom is -0.489 e. The standard InChI is InChI=1S/C22H27Cl2NO/c23-21-12-7-13-22(24)20(21)16-26-19-11-6-8-17(14-19)15-25-18-9-4-2-1-3-5-10-18/h6-8,11-14,18,25H,1-5,9-10,15-16H2. The summed E-state index contributed by atoms with van der Waals surface area (Å²) < 4.78 is 5.93. The fourth-order valence-corrected chi connectivity index (χ4v) is 4.00. The average molecular weight is 392 g/mol. The largest absolute Gasteiger partial charge is 0.489 e. The molecule has 0 heterocycles. The molecule has 1 fully saturated rings. The highest BCUT2D eigenvalue weighted by molar-refractivity contribution is 6.35. The Morgan fingerprint density at radius 1 is 0.885 bits per heavy atom. The molecule has 0 atom stereocenters. The van der Waals surface area contributed by atoms with Crippen LogP contribution in [0.5, 0.6) is 5.75 Å². The highest BCUT2D eigenvalue weighted by Gasteiger charge is 2.11. The van der Waals surface area contributed by atoms with Gasteiger partial charge in [0.25, 0.3) is 0 Å². The van der Waals surface area contributed by atoms with Crippen molar-refractivity contribution in [3.8, 4) is 5.75 Å². The number of hydrogen-bond donors (Lipinski definition) is 1. The third kappa shape index (κ3) is 5.90. The molecule has 0 unspecified atom stereocenters. The lowest BCUT2D eigenvalue weighted by Crippen LogP contribution is -2.29. The molecule has 2 aromatic rings. The van der Waals surface area contributed by atoms with E-state index in [2.05, 4.69) is 17.4 Å². The lowest BCUT2D eigenvalue weighted by molar-refractivity contribution is 0.306. The van der Waals surface area contributed by atoms with Gasteiger partial charge in [-0.15, -0.1) is 0 Å². The molecule has 2 nitrogen and oxygen atoms in total. The van der Waals surface area contributed by atoms with Gasteiger partial charge in [-0.1, -0.05) is 73.5 Å². The molecule has 2 aromatic carbocycles. The van der Waals surface area contributed by atoms with E-state index in [4.69, 9.17) is 27.9 Å². The van der Waals surface area contributed by atoms with Crippen molar-refractivity contribution >= 4 is 23.2 Å². The molecule has 1 N–H and O–H groups in total. The zero-order chi connectivity index (χ0) is 18.2. The van der Waals surface area contributed by atoms with Gasteiger partial charge in [0.1, 0.15) is 12.4 Å². The van der Waals surface area contributed by atoms with Crippen molar-refractivity contribution in [2.24, 2.45) is 0 Å². The predicted molar refractivity (Wildman–Crippen MR) is 110 cm³/mol. The Hall–Kier alpha value is -1.22. The second kappa shape index (κ2) is 10.2. The molecule has 140 valence electrons. The van der Waals surface area contributed by atoms with Crippen molar-refractivity contribution in [1.29, 1.82) is 0 Å². The Bertz CT molecular complexity index is 676. The van der Waals surface area contributed by atoms with E-state index < -0.39 is 0 Å². The summed E-state index contributed by atoms with van der Waals surface area (Å²) in [5.74, 6) is 0.845. The van der Waals surface area contributed by atoms with Crippen molar-refractivity contribution < 1.29 is 4.74 Å². The van der Waals surface area contributed by atoms with Crippen LogP contribution in [0.1, 0.15) is 56.1 Å². The van der Waals surface area contributed by atoms with E-state index in [0.717, 1.165) is 17.9 Å². The van der Waals surface area contributed by atoms with Crippen LogP contribution < -0.4 is 10.1 Å². The molecule has 3 rings (SSSR count). The molecule has 4 heteroatoms. The molecule has 0 spiro atoms. The zero-order valence-electron chi connectivity index (χ0n) is 15.1. The van der Waals surface area contributed by atoms with E-state index in [1.54, 1.807) is 0 Å². The fraction of sp³-hybridized carbons (Fsp3) is 0.455. The minimum atomic E-state index is 0.373. The van der Waals surface area contributed by atoms with Crippen molar-refractivity contribution in [3.05, 3.63) is 63.6 Å². The smallest absolute Gasteiger partial charge is 0.120 e. The van der Waals surface area contributed by atoms with Gasteiger partial charge in [-0.3, -0.25) is 0 Å². The molecule has 26 heavy (non-hydrogen) atoms. The SMILES string of the molecule is Clc1cccc(Cl)c1COc1cccc(CNC2CCCCCCC2)c1. The Kier molecular flexibility index (Phi) is 7.67. The van der Waals surface area contributed by atoms with E-state index in [1.165, 1.54) is 50.5 Å². The maximum absolute atomic E-state index is 6.21. The Labute approximate surface area is 166 Å². The van der Waals surface area contributed by atoms with Crippen molar-refractivity contribution in [1.82, 2.24) is 5.32 Å². The maximum atomic E-state index is 6.21. The topological polar surface area (TPSA) is 21.3 Å². The van der Waals surface area contributed by atoms with Crippen LogP contribution in [0.15, 0.2) is 42.5 Å². The van der Waals surface area contributed by atoms with Crippen LogP contribution in [-0.4, -0.2) is 6.04 Å². The number of nitrogens with one attached hydrogen (secondary N) is 1. The summed E-state index contributed by atoms with van der Waals surface area (Å²) in [6.45, 7) is 1.26. The molecular formula is C22H27Cl2NO. The van der Waals surface area contributed by atoms with E-state index in [0.29, 0.717) is 22.7 Å². The second-order valence-corrected chi connectivity index (χ2v) is 7.87. The molecular weight excluding hydrogens is 365 g/mol. The monoisotopic (exact) mass is 391 g/mol. The molecule has 0 aliphatic heterocycles. The molecule has 0 amide bonds. The van der Waals surface area contributed by atoms with Crippen LogP contribution in [0.3, 0.4) is 0 Å². The summed E-state index contributed by atoms with van der Waals surface area (Å²) >= 11 is 12.4. The normalized spacial score (nSPS) is 16.1. The molecule has 0 saturated heterocycles. The average Bonchev–Trinajstić information content (AvgIpc) is 2.61. The van der Waals surface area contributed by atoms with Crippen LogP contribution >= 0.6 is 23.2 Å². The van der Waals surface area contributed by atoms with Crippen molar-refractivity contribution in [3.63, 3.8) is 0 Å². The predicted octanol–water partition coefficient (Wildman–Crippen LogP) is 6.77. The Morgan fingerprint density at radius 2 is 1.54 bits per heavy atom. The summed E-state index contributed by atoms with van der Waals surface area (Å²) in [7, 11) is 0. The van der Waals surface area contributed by atoms with Gasteiger partial charge in [-0.05, 0) is 42.7 Å². The Morgan fingerprint density at radius 3 is 2.27 bits per heavy atom. The third-order valence-electron chi connectivity index (χ3n) is 5.04. The molecule has 1 saturated carbocycles. The summed E-state index contributed by atoms with van der Waals surface area (Å²) in [6.07, 6.45) is 9.45. The van der Waals surface area contributed by atoms with Crippen LogP contribution in [0.4, 0.5) is 0 Å². The summed E-state index contributed by atoms with van der Waals surface area (Å²) in [4.78, 5) is 0. The lowest BCUT2D eigenvalue weighted by atomic mass is 9.96. The molecule has 0 aromatic heterocycles. The van der Waals surface area contributed by atoms with Gasteiger partial charge in [0.05, 0.1) is 0 Å². The van der Waals surface area contributed by atoms with E-state index in [9.17, 15) is 0 Å². The summed E-state index contributed by atoms with van der Waals surface area (Å²) in [5.41, 5.74) is 2.07. The number of ether oxygens (including phenoxy) is 1. The molecule has 1 aliphatic carbocycles. The summed E-state index contributed by atoms with van der Waals surface area (Å²) in [5, 5.41) is 5.00. The first-order valence-corrected chi connectivity index (χ1v) is 10.4. The van der Waals surface area contributed by atoms with Gasteiger partial charge in [-0.25, -0.2) is 0 Å². The quantitative estimate of drug-likeness (QED) is 0.585. The number of hydrogen-bond acceptors (Lipinski definition) is 2. The Balaban J connectivity index is 1.54. The van der Waals surface area contributed by atoms with Gasteiger partial charge in [0.15, 0.2) is 0 Å². The molecule has 1 aliphatic rings. The van der Waals surface area contributed by atoms with Gasteiger partial charge < -0.3 is 10.1 Å². The van der Waals surface area contributed by atoms with Crippen LogP contribution in [0.2, 0.25) is 10.0 Å². The van der Waals surface area contributed by atoms with Gasteiger partial charge in [-0.2, -0.15) is 0 Å². The first kappa shape index (κ1) is 19.5. The highest BCUT2D eigenvalue weighted by atomic mass is 35.5. The summed E-state index contributed by atoms with van der Waals surface area (Å²) in [6, 6.07) is 14.4. The zero-order valence-corrected chi connectivity index (χ0v) is 16.7. The lowest BCUT2D eigenvalue weighted by Gasteiger charge is -2.21. The fourth-order valence-electron chi connectivity index (χ4n) is 3.49. The number of benzene rings is 2. The van der Waals surface area contributed by atoms with Crippen LogP contribution in [0, 0.1) is 0 Å². The number of rotatable bonds is 6. The third-order valence-corrected chi connectivity index (χ3v) is 5.75. The second-order valence-electron chi connectivity index (χ2n) is 7.06. The van der Waals surface area contributed by atoms with Crippen molar-refractivity contribution in [2.45, 2.75) is 64.1 Å². The first-order chi connectivity index (χ1) is 12.7. The highest BCUT2D eigenvalue weighted by Crippen LogP contribution is 2.26. The van der Waals surface area contributed by atoms with E-state index in [-0.39, 0.29) is 0 Å². The minimum absolute atomic E-state index is 0.373. The molecule has 0 radical (unpaired) electrons. The van der Waals surface area contributed by atoms with Crippen molar-refractivity contribution in [2.75, 3.05) is 0 Å². The van der Waals surface area contributed by atoms with Gasteiger partial charge in [0.2, 0.25) is 0 Å². The van der Waals surface area contributed by atoms with Crippen LogP contribution in [0.25, 0.3) is 0 Å². The van der Waals surface area contributed by atoms with Gasteiger partial charge in [0, 0.05) is 28.2 Å². The maximum Gasteiger partial charge on any atom is 0.120 e. The van der Waals surface area contributed by atoms with E-state index >= 15 is 0 Å². The van der Waals surface area contributed by atoms with E-state index in [1.807, 2.05) is 30.3 Å². The molecule has 0 bridgehead atoms. The van der Waals surface area contributed by atoms with Crippen LogP contribution in [-0.2, 0) is 13.2 Å².